The van der Waals surface area contributed by atoms with Crippen molar-refractivity contribution in [3.8, 4) is 0 Å². The maximum absolute atomic E-state index is 11.7. The molecular weight excluding hydrogens is 268 g/mol. The Balaban J connectivity index is 1.73. The number of carbonyl (C=O) groups excluding carboxylic acids is 1. The number of halogens is 1. The van der Waals surface area contributed by atoms with Crippen molar-refractivity contribution in [1.29, 1.82) is 0 Å². The highest BCUT2D eigenvalue weighted by atomic mass is 35.5. The summed E-state index contributed by atoms with van der Waals surface area (Å²) in [6.07, 6.45) is 2.30. The third kappa shape index (κ3) is 4.52. The van der Waals surface area contributed by atoms with Gasteiger partial charge in [-0.2, -0.15) is 11.8 Å². The summed E-state index contributed by atoms with van der Waals surface area (Å²) in [5.74, 6) is 2.38. The maximum Gasteiger partial charge on any atom is 0.238 e. The smallest absolute Gasteiger partial charge is 0.238 e. The van der Waals surface area contributed by atoms with Crippen molar-refractivity contribution in [3.05, 3.63) is 29.3 Å². The van der Waals surface area contributed by atoms with Crippen LogP contribution >= 0.6 is 23.4 Å². The average molecular weight is 285 g/mol. The quantitative estimate of drug-likeness (QED) is 0.893. The molecule has 1 fully saturated rings. The Morgan fingerprint density at radius 1 is 1.28 bits per heavy atom. The Labute approximate surface area is 117 Å². The number of amides is 1. The third-order valence-electron chi connectivity index (χ3n) is 2.90. The number of nitrogens with one attached hydrogen (secondary N) is 2. The van der Waals surface area contributed by atoms with Crippen LogP contribution in [0.15, 0.2) is 24.3 Å². The predicted octanol–water partition coefficient (Wildman–Crippen LogP) is 2.76. The Morgan fingerprint density at radius 3 is 2.61 bits per heavy atom. The Kier molecular flexibility index (Phi) is 5.35. The standard InChI is InChI=1S/C13H17ClN2OS/c14-10-1-3-12(4-2-10)16-13(17)9-15-11-5-7-18-8-6-11/h1-4,11,15H,5-9H2,(H,16,17). The fourth-order valence-corrected chi connectivity index (χ4v) is 3.11. The molecule has 2 rings (SSSR count). The van der Waals surface area contributed by atoms with Gasteiger partial charge >= 0.3 is 0 Å². The zero-order chi connectivity index (χ0) is 12.8. The molecule has 0 aromatic heterocycles. The van der Waals surface area contributed by atoms with Crippen LogP contribution in [0.1, 0.15) is 12.8 Å². The summed E-state index contributed by atoms with van der Waals surface area (Å²) in [6.45, 7) is 0.373. The Morgan fingerprint density at radius 2 is 1.94 bits per heavy atom. The molecule has 5 heteroatoms. The van der Waals surface area contributed by atoms with Crippen LogP contribution in [0.2, 0.25) is 5.02 Å². The molecule has 18 heavy (non-hydrogen) atoms. The van der Waals surface area contributed by atoms with Gasteiger partial charge in [-0.15, -0.1) is 0 Å². The Bertz CT molecular complexity index is 390. The normalized spacial score (nSPS) is 16.5. The Hall–Kier alpha value is -0.710. The van der Waals surface area contributed by atoms with Crippen LogP contribution in [0, 0.1) is 0 Å². The first-order chi connectivity index (χ1) is 8.74. The van der Waals surface area contributed by atoms with Crippen LogP contribution in [0.5, 0.6) is 0 Å². The van der Waals surface area contributed by atoms with Crippen molar-refractivity contribution >= 4 is 35.0 Å². The number of rotatable bonds is 4. The molecule has 98 valence electrons. The van der Waals surface area contributed by atoms with Crippen LogP contribution in [0.4, 0.5) is 5.69 Å². The molecule has 1 aliphatic rings. The summed E-state index contributed by atoms with van der Waals surface area (Å²) in [4.78, 5) is 11.7. The van der Waals surface area contributed by atoms with Gasteiger partial charge < -0.3 is 10.6 Å². The van der Waals surface area contributed by atoms with Gasteiger partial charge in [-0.05, 0) is 48.6 Å². The van der Waals surface area contributed by atoms with Gasteiger partial charge in [-0.3, -0.25) is 4.79 Å². The monoisotopic (exact) mass is 284 g/mol. The number of carbonyl (C=O) groups is 1. The minimum Gasteiger partial charge on any atom is -0.325 e. The highest BCUT2D eigenvalue weighted by molar-refractivity contribution is 7.99. The molecule has 1 heterocycles. The summed E-state index contributed by atoms with van der Waals surface area (Å²) in [6, 6.07) is 7.63. The van der Waals surface area contributed by atoms with E-state index in [4.69, 9.17) is 11.6 Å². The van der Waals surface area contributed by atoms with E-state index in [2.05, 4.69) is 10.6 Å². The predicted molar refractivity (Wildman–Crippen MR) is 78.4 cm³/mol. The van der Waals surface area contributed by atoms with E-state index in [-0.39, 0.29) is 5.91 Å². The summed E-state index contributed by atoms with van der Waals surface area (Å²) in [5.41, 5.74) is 0.783. The fraction of sp³-hybridized carbons (Fsp3) is 0.462. The molecule has 0 saturated carbocycles. The van der Waals surface area contributed by atoms with E-state index in [1.165, 1.54) is 11.5 Å². The van der Waals surface area contributed by atoms with Gasteiger partial charge in [-0.25, -0.2) is 0 Å². The van der Waals surface area contributed by atoms with Crippen molar-refractivity contribution in [1.82, 2.24) is 5.32 Å². The number of hydrogen-bond acceptors (Lipinski definition) is 3. The highest BCUT2D eigenvalue weighted by Crippen LogP contribution is 2.17. The molecule has 1 aliphatic heterocycles. The molecule has 1 saturated heterocycles. The largest absolute Gasteiger partial charge is 0.325 e. The SMILES string of the molecule is O=C(CNC1CCSCC1)Nc1ccc(Cl)cc1. The van der Waals surface area contributed by atoms with Gasteiger partial charge in [0.05, 0.1) is 6.54 Å². The number of thioether (sulfide) groups is 1. The molecule has 0 radical (unpaired) electrons. The molecule has 2 N–H and O–H groups in total. The first-order valence-corrected chi connectivity index (χ1v) is 7.64. The van der Waals surface area contributed by atoms with Crippen LogP contribution in [0.25, 0.3) is 0 Å². The van der Waals surface area contributed by atoms with Gasteiger partial charge in [0, 0.05) is 16.8 Å². The van der Waals surface area contributed by atoms with Crippen molar-refractivity contribution in [2.24, 2.45) is 0 Å². The van der Waals surface area contributed by atoms with E-state index < -0.39 is 0 Å². The first-order valence-electron chi connectivity index (χ1n) is 6.10. The lowest BCUT2D eigenvalue weighted by molar-refractivity contribution is -0.115. The molecular formula is C13H17ClN2OS. The summed E-state index contributed by atoms with van der Waals surface area (Å²) in [7, 11) is 0. The van der Waals surface area contributed by atoms with Crippen molar-refractivity contribution in [2.45, 2.75) is 18.9 Å². The minimum absolute atomic E-state index is 0.00412. The molecule has 0 atom stereocenters. The van der Waals surface area contributed by atoms with Crippen LogP contribution in [-0.2, 0) is 4.79 Å². The summed E-state index contributed by atoms with van der Waals surface area (Å²) in [5, 5.41) is 6.82. The van der Waals surface area contributed by atoms with Crippen LogP contribution in [-0.4, -0.2) is 30.0 Å². The molecule has 1 amide bonds. The topological polar surface area (TPSA) is 41.1 Å². The average Bonchev–Trinajstić information content (AvgIpc) is 2.40. The molecule has 1 aromatic carbocycles. The molecule has 1 aromatic rings. The maximum atomic E-state index is 11.7. The van der Waals surface area contributed by atoms with Gasteiger partial charge in [-0.1, -0.05) is 11.6 Å². The van der Waals surface area contributed by atoms with Crippen molar-refractivity contribution < 1.29 is 4.79 Å². The molecule has 0 aliphatic carbocycles. The van der Waals surface area contributed by atoms with E-state index >= 15 is 0 Å². The van der Waals surface area contributed by atoms with E-state index in [0.717, 1.165) is 18.5 Å². The minimum atomic E-state index is -0.00412. The van der Waals surface area contributed by atoms with E-state index in [9.17, 15) is 4.79 Å². The molecule has 0 spiro atoms. The zero-order valence-electron chi connectivity index (χ0n) is 10.1. The van der Waals surface area contributed by atoms with Gasteiger partial charge in [0.15, 0.2) is 0 Å². The lowest BCUT2D eigenvalue weighted by Gasteiger charge is -2.22. The zero-order valence-corrected chi connectivity index (χ0v) is 11.7. The molecule has 0 bridgehead atoms. The summed E-state index contributed by atoms with van der Waals surface area (Å²) < 4.78 is 0. The third-order valence-corrected chi connectivity index (χ3v) is 4.20. The van der Waals surface area contributed by atoms with Gasteiger partial charge in [0.2, 0.25) is 5.91 Å². The number of hydrogen-bond donors (Lipinski definition) is 2. The van der Waals surface area contributed by atoms with Crippen LogP contribution in [0.3, 0.4) is 0 Å². The van der Waals surface area contributed by atoms with E-state index in [1.54, 1.807) is 24.3 Å². The van der Waals surface area contributed by atoms with Gasteiger partial charge in [0.1, 0.15) is 0 Å². The highest BCUT2D eigenvalue weighted by Gasteiger charge is 2.14. The lowest BCUT2D eigenvalue weighted by Crippen LogP contribution is -2.38. The molecule has 0 unspecified atom stereocenters. The second-order valence-corrected chi connectivity index (χ2v) is 5.98. The van der Waals surface area contributed by atoms with E-state index in [0.29, 0.717) is 17.6 Å². The molecule has 3 nitrogen and oxygen atoms in total. The van der Waals surface area contributed by atoms with E-state index in [1.807, 2.05) is 11.8 Å². The van der Waals surface area contributed by atoms with Crippen molar-refractivity contribution in [3.63, 3.8) is 0 Å². The second-order valence-electron chi connectivity index (χ2n) is 4.32. The summed E-state index contributed by atoms with van der Waals surface area (Å²) >= 11 is 7.77. The number of anilines is 1. The second kappa shape index (κ2) is 7.02. The first kappa shape index (κ1) is 13.7. The number of benzene rings is 1. The van der Waals surface area contributed by atoms with Crippen molar-refractivity contribution in [2.75, 3.05) is 23.4 Å². The lowest BCUT2D eigenvalue weighted by atomic mass is 10.1. The van der Waals surface area contributed by atoms with Crippen LogP contribution < -0.4 is 10.6 Å². The van der Waals surface area contributed by atoms with Gasteiger partial charge in [0.25, 0.3) is 0 Å². The fourth-order valence-electron chi connectivity index (χ4n) is 1.88.